The van der Waals surface area contributed by atoms with E-state index >= 15 is 0 Å². The van der Waals surface area contributed by atoms with E-state index in [2.05, 4.69) is 27.3 Å². The molecular formula is C22H26N4O2. The van der Waals surface area contributed by atoms with Crippen LogP contribution < -0.4 is 5.32 Å². The lowest BCUT2D eigenvalue weighted by Crippen LogP contribution is -2.54. The Morgan fingerprint density at radius 1 is 1.18 bits per heavy atom. The van der Waals surface area contributed by atoms with Gasteiger partial charge in [-0.1, -0.05) is 36.4 Å². The minimum Gasteiger partial charge on any atom is -0.322 e. The molecule has 1 N–H and O–H groups in total. The number of nitrogens with one attached hydrogen (secondary N) is 1. The molecule has 2 unspecified atom stereocenters. The van der Waals surface area contributed by atoms with Crippen LogP contribution in [0.3, 0.4) is 0 Å². The molecule has 0 bridgehead atoms. The highest BCUT2D eigenvalue weighted by Gasteiger charge is 2.38. The van der Waals surface area contributed by atoms with Gasteiger partial charge < -0.3 is 10.2 Å². The minimum atomic E-state index is -0.0809. The van der Waals surface area contributed by atoms with Gasteiger partial charge in [0.2, 0.25) is 11.8 Å². The molecule has 1 aromatic heterocycles. The largest absolute Gasteiger partial charge is 0.322 e. The Kier molecular flexibility index (Phi) is 5.39. The summed E-state index contributed by atoms with van der Waals surface area (Å²) in [5.74, 6) is 0.716. The summed E-state index contributed by atoms with van der Waals surface area (Å²) in [5.41, 5.74) is 2.06. The summed E-state index contributed by atoms with van der Waals surface area (Å²) >= 11 is 0. The van der Waals surface area contributed by atoms with Gasteiger partial charge in [-0.2, -0.15) is 0 Å². The number of anilines is 1. The number of piperidine rings is 1. The number of rotatable bonds is 5. The second kappa shape index (κ2) is 8.10. The highest BCUT2D eigenvalue weighted by Crippen LogP contribution is 2.34. The maximum atomic E-state index is 12.7. The molecule has 2 saturated heterocycles. The number of amides is 2. The zero-order valence-corrected chi connectivity index (χ0v) is 16.2. The lowest BCUT2D eigenvalue weighted by atomic mass is 9.93. The van der Waals surface area contributed by atoms with Crippen molar-refractivity contribution in [1.29, 1.82) is 0 Å². The lowest BCUT2D eigenvalue weighted by Gasteiger charge is -2.45. The molecule has 0 spiro atoms. The maximum Gasteiger partial charge on any atom is 0.229 e. The predicted octanol–water partition coefficient (Wildman–Crippen LogP) is 2.97. The standard InChI is InChI=1S/C22H26N4O2/c1-16-7-5-11-20(23-16)24-22(28)18-10-6-12-25(14-18)15-26-19(13-21(26)27)17-8-3-2-4-9-17/h2-5,7-9,11,18-19H,6,10,12-15H2,1H3,(H,23,24,28). The summed E-state index contributed by atoms with van der Waals surface area (Å²) < 4.78 is 0. The van der Waals surface area contributed by atoms with Gasteiger partial charge >= 0.3 is 0 Å². The van der Waals surface area contributed by atoms with Crippen LogP contribution in [0.25, 0.3) is 0 Å². The van der Waals surface area contributed by atoms with E-state index in [4.69, 9.17) is 0 Å². The lowest BCUT2D eigenvalue weighted by molar-refractivity contribution is -0.150. The van der Waals surface area contributed by atoms with Gasteiger partial charge in [-0.15, -0.1) is 0 Å². The number of β-lactam (4-membered cyclic amide) rings is 1. The highest BCUT2D eigenvalue weighted by molar-refractivity contribution is 5.91. The molecule has 0 saturated carbocycles. The molecule has 28 heavy (non-hydrogen) atoms. The van der Waals surface area contributed by atoms with E-state index in [1.54, 1.807) is 0 Å². The van der Waals surface area contributed by atoms with E-state index < -0.39 is 0 Å². The maximum absolute atomic E-state index is 12.7. The van der Waals surface area contributed by atoms with Gasteiger partial charge in [-0.3, -0.25) is 14.5 Å². The molecule has 2 aliphatic rings. The minimum absolute atomic E-state index is 0.0114. The van der Waals surface area contributed by atoms with Gasteiger partial charge in [-0.05, 0) is 44.0 Å². The Morgan fingerprint density at radius 2 is 2.00 bits per heavy atom. The molecule has 3 heterocycles. The summed E-state index contributed by atoms with van der Waals surface area (Å²) in [6.07, 6.45) is 2.39. The normalized spacial score (nSPS) is 22.6. The van der Waals surface area contributed by atoms with Crippen molar-refractivity contribution < 1.29 is 9.59 Å². The van der Waals surface area contributed by atoms with Crippen molar-refractivity contribution in [3.05, 3.63) is 59.8 Å². The number of hydrogen-bond donors (Lipinski definition) is 1. The first-order valence-corrected chi connectivity index (χ1v) is 9.91. The first kappa shape index (κ1) is 18.6. The summed E-state index contributed by atoms with van der Waals surface area (Å²) in [7, 11) is 0. The monoisotopic (exact) mass is 378 g/mol. The van der Waals surface area contributed by atoms with Gasteiger partial charge in [-0.25, -0.2) is 4.98 Å². The number of carbonyl (C=O) groups is 2. The third kappa shape index (κ3) is 4.07. The fourth-order valence-corrected chi connectivity index (χ4v) is 4.06. The number of pyridine rings is 1. The van der Waals surface area contributed by atoms with Crippen LogP contribution in [0, 0.1) is 12.8 Å². The molecular weight excluding hydrogens is 352 g/mol. The molecule has 2 aliphatic heterocycles. The topological polar surface area (TPSA) is 65.5 Å². The number of hydrogen-bond acceptors (Lipinski definition) is 4. The second-order valence-corrected chi connectivity index (χ2v) is 7.71. The molecule has 0 radical (unpaired) electrons. The predicted molar refractivity (Wildman–Crippen MR) is 107 cm³/mol. The molecule has 2 fully saturated rings. The number of aromatic nitrogens is 1. The first-order chi connectivity index (χ1) is 13.6. The molecule has 1 aromatic carbocycles. The second-order valence-electron chi connectivity index (χ2n) is 7.71. The fraction of sp³-hybridized carbons (Fsp3) is 0.409. The van der Waals surface area contributed by atoms with Crippen LogP contribution >= 0.6 is 0 Å². The Morgan fingerprint density at radius 3 is 2.75 bits per heavy atom. The van der Waals surface area contributed by atoms with Crippen molar-refractivity contribution in [2.45, 2.75) is 32.2 Å². The number of likely N-dealkylation sites (tertiary alicyclic amines) is 2. The number of nitrogens with zero attached hydrogens (tertiary/aromatic N) is 3. The van der Waals surface area contributed by atoms with Gasteiger partial charge in [0.1, 0.15) is 5.82 Å². The van der Waals surface area contributed by atoms with E-state index in [0.717, 1.165) is 25.1 Å². The average molecular weight is 378 g/mol. The van der Waals surface area contributed by atoms with Gasteiger partial charge in [0.25, 0.3) is 0 Å². The Labute approximate surface area is 165 Å². The quantitative estimate of drug-likeness (QED) is 0.813. The Bertz CT molecular complexity index is 855. The average Bonchev–Trinajstić information content (AvgIpc) is 2.71. The van der Waals surface area contributed by atoms with E-state index in [9.17, 15) is 9.59 Å². The fourth-order valence-electron chi connectivity index (χ4n) is 4.06. The molecule has 2 amide bonds. The van der Waals surface area contributed by atoms with Crippen molar-refractivity contribution in [3.63, 3.8) is 0 Å². The van der Waals surface area contributed by atoms with Crippen LogP contribution in [-0.2, 0) is 9.59 Å². The molecule has 4 rings (SSSR count). The Hall–Kier alpha value is -2.73. The van der Waals surface area contributed by atoms with Crippen molar-refractivity contribution in [1.82, 2.24) is 14.8 Å². The SMILES string of the molecule is Cc1cccc(NC(=O)C2CCCN(CN3C(=O)CC3c3ccccc3)C2)n1. The number of benzene rings is 1. The van der Waals surface area contributed by atoms with Gasteiger partial charge in [0, 0.05) is 12.2 Å². The Balaban J connectivity index is 1.36. The van der Waals surface area contributed by atoms with Crippen LogP contribution in [0.4, 0.5) is 5.82 Å². The van der Waals surface area contributed by atoms with E-state index in [1.807, 2.05) is 48.2 Å². The highest BCUT2D eigenvalue weighted by atomic mass is 16.2. The zero-order chi connectivity index (χ0) is 19.5. The van der Waals surface area contributed by atoms with Crippen LogP contribution in [0.15, 0.2) is 48.5 Å². The molecule has 0 aliphatic carbocycles. The first-order valence-electron chi connectivity index (χ1n) is 9.91. The van der Waals surface area contributed by atoms with Crippen LogP contribution in [0.5, 0.6) is 0 Å². The number of aryl methyl sites for hydroxylation is 1. The zero-order valence-electron chi connectivity index (χ0n) is 16.2. The van der Waals surface area contributed by atoms with Crippen LogP contribution in [0.2, 0.25) is 0 Å². The van der Waals surface area contributed by atoms with Gasteiger partial charge in [0.15, 0.2) is 0 Å². The van der Waals surface area contributed by atoms with Crippen molar-refractivity contribution in [3.8, 4) is 0 Å². The molecule has 6 nitrogen and oxygen atoms in total. The molecule has 2 atom stereocenters. The van der Waals surface area contributed by atoms with Crippen molar-refractivity contribution in [2.75, 3.05) is 25.1 Å². The molecule has 146 valence electrons. The summed E-state index contributed by atoms with van der Waals surface area (Å²) in [4.78, 5) is 33.4. The summed E-state index contributed by atoms with van der Waals surface area (Å²) in [6, 6.07) is 15.9. The van der Waals surface area contributed by atoms with Crippen molar-refractivity contribution >= 4 is 17.6 Å². The number of carbonyl (C=O) groups excluding carboxylic acids is 2. The summed E-state index contributed by atoms with van der Waals surface area (Å²) in [5, 5.41) is 2.94. The van der Waals surface area contributed by atoms with Crippen LogP contribution in [-0.4, -0.2) is 46.4 Å². The van der Waals surface area contributed by atoms with Crippen molar-refractivity contribution in [2.24, 2.45) is 5.92 Å². The van der Waals surface area contributed by atoms with Gasteiger partial charge in [0.05, 0.1) is 25.0 Å². The third-order valence-electron chi connectivity index (χ3n) is 5.62. The third-order valence-corrected chi connectivity index (χ3v) is 5.62. The molecule has 6 heteroatoms. The van der Waals surface area contributed by atoms with E-state index in [-0.39, 0.29) is 23.8 Å². The van der Waals surface area contributed by atoms with E-state index in [0.29, 0.717) is 25.5 Å². The van der Waals surface area contributed by atoms with E-state index in [1.165, 1.54) is 5.56 Å². The summed E-state index contributed by atoms with van der Waals surface area (Å²) in [6.45, 7) is 4.08. The van der Waals surface area contributed by atoms with Crippen LogP contribution in [0.1, 0.15) is 36.6 Å². The molecule has 2 aromatic rings. The smallest absolute Gasteiger partial charge is 0.229 e.